The molecule has 0 saturated heterocycles. The van der Waals surface area contributed by atoms with Gasteiger partial charge in [0, 0.05) is 6.54 Å². The topological polar surface area (TPSA) is 84.9 Å². The van der Waals surface area contributed by atoms with Gasteiger partial charge in [0.25, 0.3) is 5.91 Å². The molecule has 1 atom stereocenters. The van der Waals surface area contributed by atoms with Gasteiger partial charge in [0.1, 0.15) is 5.75 Å². The SMILES string of the molecule is CCS(=O)(=O)N1CC(C(=O)NCCOCc2ccccc2)Oc2ccccc21. The molecule has 0 aromatic heterocycles. The zero-order valence-electron chi connectivity index (χ0n) is 15.7. The van der Waals surface area contributed by atoms with E-state index in [9.17, 15) is 13.2 Å². The number of hydrogen-bond donors (Lipinski definition) is 1. The Hall–Kier alpha value is -2.58. The van der Waals surface area contributed by atoms with Gasteiger partial charge in [-0.05, 0) is 24.6 Å². The summed E-state index contributed by atoms with van der Waals surface area (Å²) in [7, 11) is -3.51. The molecule has 0 bridgehead atoms. The molecule has 1 aliphatic rings. The van der Waals surface area contributed by atoms with Crippen LogP contribution in [0.2, 0.25) is 0 Å². The smallest absolute Gasteiger partial charge is 0.263 e. The number of amides is 1. The molecule has 2 aromatic carbocycles. The van der Waals surface area contributed by atoms with E-state index in [1.165, 1.54) is 4.31 Å². The van der Waals surface area contributed by atoms with Gasteiger partial charge in [-0.3, -0.25) is 9.10 Å². The standard InChI is InChI=1S/C20H24N2O5S/c1-2-28(24,25)22-14-19(27-18-11-7-6-10-17(18)22)20(23)21-12-13-26-15-16-8-4-3-5-9-16/h3-11,19H,2,12-15H2,1H3,(H,21,23). The van der Waals surface area contributed by atoms with Gasteiger partial charge in [0.15, 0.2) is 6.10 Å². The molecular weight excluding hydrogens is 380 g/mol. The summed E-state index contributed by atoms with van der Waals surface area (Å²) < 4.78 is 37.4. The van der Waals surface area contributed by atoms with Crippen LogP contribution in [0, 0.1) is 0 Å². The van der Waals surface area contributed by atoms with Gasteiger partial charge in [0.2, 0.25) is 10.0 Å². The zero-order chi connectivity index (χ0) is 20.0. The van der Waals surface area contributed by atoms with Gasteiger partial charge >= 0.3 is 0 Å². The lowest BCUT2D eigenvalue weighted by Gasteiger charge is -2.34. The first-order chi connectivity index (χ1) is 13.5. The Labute approximate surface area is 165 Å². The summed E-state index contributed by atoms with van der Waals surface area (Å²) in [6.45, 7) is 2.65. The normalized spacial score (nSPS) is 16.2. The fourth-order valence-corrected chi connectivity index (χ4v) is 4.01. The minimum Gasteiger partial charge on any atom is -0.476 e. The molecule has 0 spiro atoms. The average Bonchev–Trinajstić information content (AvgIpc) is 2.73. The van der Waals surface area contributed by atoms with E-state index in [2.05, 4.69) is 5.32 Å². The summed E-state index contributed by atoms with van der Waals surface area (Å²) >= 11 is 0. The Balaban J connectivity index is 1.55. The summed E-state index contributed by atoms with van der Waals surface area (Å²) in [5.41, 5.74) is 1.51. The number of anilines is 1. The molecule has 3 rings (SSSR count). The number of carbonyl (C=O) groups excluding carboxylic acids is 1. The van der Waals surface area contributed by atoms with E-state index >= 15 is 0 Å². The maximum Gasteiger partial charge on any atom is 0.263 e. The van der Waals surface area contributed by atoms with E-state index in [-0.39, 0.29) is 18.2 Å². The van der Waals surface area contributed by atoms with Crippen LogP contribution >= 0.6 is 0 Å². The quantitative estimate of drug-likeness (QED) is 0.680. The van der Waals surface area contributed by atoms with E-state index in [0.717, 1.165) is 5.56 Å². The summed E-state index contributed by atoms with van der Waals surface area (Å²) in [6.07, 6.45) is -0.912. The monoisotopic (exact) mass is 404 g/mol. The van der Waals surface area contributed by atoms with Crippen molar-refractivity contribution >= 4 is 21.6 Å². The largest absolute Gasteiger partial charge is 0.476 e. The Morgan fingerprint density at radius 1 is 1.18 bits per heavy atom. The van der Waals surface area contributed by atoms with E-state index < -0.39 is 16.1 Å². The van der Waals surface area contributed by atoms with Crippen LogP contribution in [0.4, 0.5) is 5.69 Å². The fraction of sp³-hybridized carbons (Fsp3) is 0.350. The number of rotatable bonds is 8. The van der Waals surface area contributed by atoms with Crippen LogP contribution in [0.5, 0.6) is 5.75 Å². The first kappa shape index (κ1) is 20.2. The van der Waals surface area contributed by atoms with Gasteiger partial charge in [-0.1, -0.05) is 42.5 Å². The second-order valence-electron chi connectivity index (χ2n) is 6.34. The van der Waals surface area contributed by atoms with E-state index in [0.29, 0.717) is 31.2 Å². The molecule has 0 fully saturated rings. The number of para-hydroxylation sites is 2. The predicted molar refractivity (Wildman–Crippen MR) is 107 cm³/mol. The highest BCUT2D eigenvalue weighted by molar-refractivity contribution is 7.92. The lowest BCUT2D eigenvalue weighted by Crippen LogP contribution is -2.51. The van der Waals surface area contributed by atoms with Gasteiger partial charge in [-0.15, -0.1) is 0 Å². The molecule has 0 saturated carbocycles. The van der Waals surface area contributed by atoms with Crippen LogP contribution in [0.25, 0.3) is 0 Å². The Kier molecular flexibility index (Phi) is 6.53. The second kappa shape index (κ2) is 9.07. The highest BCUT2D eigenvalue weighted by Crippen LogP contribution is 2.34. The molecule has 0 aliphatic carbocycles. The molecule has 1 heterocycles. The number of nitrogens with one attached hydrogen (secondary N) is 1. The Morgan fingerprint density at radius 2 is 1.89 bits per heavy atom. The summed E-state index contributed by atoms with van der Waals surface area (Å²) in [5.74, 6) is -0.0383. The van der Waals surface area contributed by atoms with Gasteiger partial charge in [-0.25, -0.2) is 8.42 Å². The van der Waals surface area contributed by atoms with E-state index in [1.807, 2.05) is 30.3 Å². The zero-order valence-corrected chi connectivity index (χ0v) is 16.5. The van der Waals surface area contributed by atoms with Crippen molar-refractivity contribution in [3.8, 4) is 5.75 Å². The maximum atomic E-state index is 12.5. The molecule has 150 valence electrons. The molecule has 1 unspecified atom stereocenters. The molecule has 2 aromatic rings. The molecule has 1 aliphatic heterocycles. The number of carbonyl (C=O) groups is 1. The Bertz CT molecular complexity index is 902. The molecular formula is C20H24N2O5S. The van der Waals surface area contributed by atoms with Crippen LogP contribution in [-0.4, -0.2) is 45.9 Å². The third-order valence-corrected chi connectivity index (χ3v) is 6.13. The van der Waals surface area contributed by atoms with Crippen molar-refractivity contribution in [3.05, 3.63) is 60.2 Å². The van der Waals surface area contributed by atoms with Gasteiger partial charge in [-0.2, -0.15) is 0 Å². The van der Waals surface area contributed by atoms with Crippen LogP contribution < -0.4 is 14.4 Å². The van der Waals surface area contributed by atoms with E-state index in [4.69, 9.17) is 9.47 Å². The highest BCUT2D eigenvalue weighted by atomic mass is 32.2. The number of benzene rings is 2. The van der Waals surface area contributed by atoms with Crippen LogP contribution in [0.3, 0.4) is 0 Å². The first-order valence-electron chi connectivity index (χ1n) is 9.16. The van der Waals surface area contributed by atoms with Crippen LogP contribution in [0.15, 0.2) is 54.6 Å². The van der Waals surface area contributed by atoms with Crippen molar-refractivity contribution in [1.29, 1.82) is 0 Å². The second-order valence-corrected chi connectivity index (χ2v) is 8.52. The average molecular weight is 404 g/mol. The fourth-order valence-electron chi connectivity index (χ4n) is 2.88. The van der Waals surface area contributed by atoms with Crippen molar-refractivity contribution in [1.82, 2.24) is 5.32 Å². The number of nitrogens with zero attached hydrogens (tertiary/aromatic N) is 1. The minimum atomic E-state index is -3.51. The molecule has 1 N–H and O–H groups in total. The van der Waals surface area contributed by atoms with Crippen molar-refractivity contribution in [3.63, 3.8) is 0 Å². The number of fused-ring (bicyclic) bond motifs is 1. The maximum absolute atomic E-state index is 12.5. The van der Waals surface area contributed by atoms with Gasteiger partial charge in [0.05, 0.1) is 31.2 Å². The molecule has 8 heteroatoms. The van der Waals surface area contributed by atoms with Crippen molar-refractivity contribution in [2.24, 2.45) is 0 Å². The lowest BCUT2D eigenvalue weighted by atomic mass is 10.2. The van der Waals surface area contributed by atoms with Crippen LogP contribution in [0.1, 0.15) is 12.5 Å². The summed E-state index contributed by atoms with van der Waals surface area (Å²) in [5, 5.41) is 2.75. The highest BCUT2D eigenvalue weighted by Gasteiger charge is 2.35. The van der Waals surface area contributed by atoms with E-state index in [1.54, 1.807) is 31.2 Å². The third kappa shape index (κ3) is 4.82. The Morgan fingerprint density at radius 3 is 2.64 bits per heavy atom. The minimum absolute atomic E-state index is 0.0517. The van der Waals surface area contributed by atoms with Crippen molar-refractivity contribution in [2.45, 2.75) is 19.6 Å². The number of sulfonamides is 1. The predicted octanol–water partition coefficient (Wildman–Crippen LogP) is 1.94. The number of ether oxygens (including phenoxy) is 2. The number of hydrogen-bond acceptors (Lipinski definition) is 5. The van der Waals surface area contributed by atoms with Crippen molar-refractivity contribution in [2.75, 3.05) is 29.8 Å². The molecule has 0 radical (unpaired) electrons. The summed E-state index contributed by atoms with van der Waals surface area (Å²) in [6, 6.07) is 16.6. The van der Waals surface area contributed by atoms with Crippen LogP contribution in [-0.2, 0) is 26.2 Å². The van der Waals surface area contributed by atoms with Gasteiger partial charge < -0.3 is 14.8 Å². The first-order valence-corrected chi connectivity index (χ1v) is 10.8. The summed E-state index contributed by atoms with van der Waals surface area (Å²) in [4.78, 5) is 12.5. The molecule has 1 amide bonds. The lowest BCUT2D eigenvalue weighted by molar-refractivity contribution is -0.128. The molecule has 7 nitrogen and oxygen atoms in total. The molecule has 28 heavy (non-hydrogen) atoms. The van der Waals surface area contributed by atoms with Crippen molar-refractivity contribution < 1.29 is 22.7 Å². The third-order valence-electron chi connectivity index (χ3n) is 4.39.